The molecular weight excluding hydrogens is 270 g/mol. The van der Waals surface area contributed by atoms with Crippen molar-refractivity contribution in [1.82, 2.24) is 0 Å². The van der Waals surface area contributed by atoms with Crippen LogP contribution in [-0.2, 0) is 9.84 Å². The van der Waals surface area contributed by atoms with E-state index < -0.39 is 9.84 Å². The lowest BCUT2D eigenvalue weighted by Crippen LogP contribution is -2.19. The maximum atomic E-state index is 11.6. The molecule has 1 aliphatic carbocycles. The van der Waals surface area contributed by atoms with Gasteiger partial charge in [-0.3, -0.25) is 0 Å². The van der Waals surface area contributed by atoms with E-state index in [0.717, 1.165) is 18.5 Å². The van der Waals surface area contributed by atoms with Crippen LogP contribution < -0.4 is 5.32 Å². The summed E-state index contributed by atoms with van der Waals surface area (Å²) in [4.78, 5) is 0.386. The molecule has 0 saturated heterocycles. The van der Waals surface area contributed by atoms with Crippen molar-refractivity contribution in [3.8, 4) is 0 Å². The summed E-state index contributed by atoms with van der Waals surface area (Å²) in [6.45, 7) is 4.67. The molecule has 1 aromatic rings. The minimum absolute atomic E-state index is 0.386. The van der Waals surface area contributed by atoms with Crippen molar-refractivity contribution in [2.75, 3.05) is 11.6 Å². The van der Waals surface area contributed by atoms with E-state index in [0.29, 0.717) is 16.4 Å². The average Bonchev–Trinajstić information content (AvgIpc) is 2.50. The molecule has 1 atom stereocenters. The number of anilines is 1. The highest BCUT2D eigenvalue weighted by molar-refractivity contribution is 7.90. The number of benzene rings is 1. The maximum Gasteiger partial charge on any atom is 0.175 e. The van der Waals surface area contributed by atoms with Crippen molar-refractivity contribution in [3.63, 3.8) is 0 Å². The first kappa shape index (κ1) is 15.4. The lowest BCUT2D eigenvalue weighted by Gasteiger charge is -2.22. The highest BCUT2D eigenvalue weighted by Crippen LogP contribution is 2.34. The van der Waals surface area contributed by atoms with Crippen LogP contribution in [0, 0.1) is 5.41 Å². The Balaban J connectivity index is 2.07. The molecule has 1 aliphatic rings. The van der Waals surface area contributed by atoms with Gasteiger partial charge in [0.2, 0.25) is 0 Å². The van der Waals surface area contributed by atoms with Gasteiger partial charge in [0.05, 0.1) is 4.90 Å². The summed E-state index contributed by atoms with van der Waals surface area (Å²) in [5.74, 6) is 0. The topological polar surface area (TPSA) is 46.2 Å². The number of sulfone groups is 1. The second-order valence-corrected chi connectivity index (χ2v) is 8.75. The highest BCUT2D eigenvalue weighted by Gasteiger charge is 2.24. The third-order valence-electron chi connectivity index (χ3n) is 4.21. The van der Waals surface area contributed by atoms with Gasteiger partial charge in [-0.15, -0.1) is 0 Å². The Labute approximate surface area is 122 Å². The van der Waals surface area contributed by atoms with Gasteiger partial charge in [0.15, 0.2) is 9.84 Å². The van der Waals surface area contributed by atoms with Gasteiger partial charge in [-0.1, -0.05) is 26.3 Å². The average molecular weight is 295 g/mol. The van der Waals surface area contributed by atoms with Gasteiger partial charge < -0.3 is 5.32 Å². The van der Waals surface area contributed by atoms with Crippen LogP contribution in [0.5, 0.6) is 0 Å². The fraction of sp³-hybridized carbons (Fsp3) is 0.625. The monoisotopic (exact) mass is 295 g/mol. The Morgan fingerprint density at radius 3 is 2.65 bits per heavy atom. The minimum Gasteiger partial charge on any atom is -0.382 e. The Bertz CT molecular complexity index is 564. The summed E-state index contributed by atoms with van der Waals surface area (Å²) < 4.78 is 23.2. The zero-order chi connectivity index (χ0) is 14.8. The lowest BCUT2D eigenvalue weighted by molar-refractivity contribution is 0.313. The summed E-state index contributed by atoms with van der Waals surface area (Å²) in [6, 6.07) is 7.60. The van der Waals surface area contributed by atoms with E-state index in [4.69, 9.17) is 0 Å². The second-order valence-electron chi connectivity index (χ2n) is 6.74. The van der Waals surface area contributed by atoms with E-state index >= 15 is 0 Å². The molecule has 1 fully saturated rings. The lowest BCUT2D eigenvalue weighted by atomic mass is 9.85. The molecule has 0 radical (unpaired) electrons. The molecule has 2 rings (SSSR count). The van der Waals surface area contributed by atoms with Crippen LogP contribution >= 0.6 is 0 Å². The Morgan fingerprint density at radius 1 is 1.20 bits per heavy atom. The molecule has 3 nitrogen and oxygen atoms in total. The molecule has 4 heteroatoms. The van der Waals surface area contributed by atoms with Crippen LogP contribution in [0.2, 0.25) is 0 Å². The molecular formula is C16H25NO2S. The number of hydrogen-bond acceptors (Lipinski definition) is 3. The van der Waals surface area contributed by atoms with Crippen LogP contribution in [0.15, 0.2) is 29.2 Å². The van der Waals surface area contributed by atoms with Crippen molar-refractivity contribution in [2.24, 2.45) is 5.41 Å². The van der Waals surface area contributed by atoms with Gasteiger partial charge in [-0.05, 0) is 49.3 Å². The molecule has 20 heavy (non-hydrogen) atoms. The molecule has 1 unspecified atom stereocenters. The predicted molar refractivity (Wildman–Crippen MR) is 83.8 cm³/mol. The molecule has 112 valence electrons. The van der Waals surface area contributed by atoms with Crippen molar-refractivity contribution < 1.29 is 8.42 Å². The number of nitrogens with one attached hydrogen (secondary N) is 1. The van der Waals surface area contributed by atoms with E-state index in [9.17, 15) is 8.42 Å². The Kier molecular flexibility index (Phi) is 4.43. The smallest absolute Gasteiger partial charge is 0.175 e. The summed E-state index contributed by atoms with van der Waals surface area (Å²) in [6.07, 6.45) is 7.28. The molecule has 0 heterocycles. The van der Waals surface area contributed by atoms with E-state index in [2.05, 4.69) is 19.2 Å². The van der Waals surface area contributed by atoms with Crippen molar-refractivity contribution in [1.29, 1.82) is 0 Å². The summed E-state index contributed by atoms with van der Waals surface area (Å²) >= 11 is 0. The molecule has 0 amide bonds. The zero-order valence-corrected chi connectivity index (χ0v) is 13.5. The quantitative estimate of drug-likeness (QED) is 0.861. The Morgan fingerprint density at radius 2 is 1.95 bits per heavy atom. The maximum absolute atomic E-state index is 11.6. The van der Waals surface area contributed by atoms with E-state index in [1.165, 1.54) is 25.5 Å². The number of rotatable bonds is 3. The SMILES string of the molecule is CC1(C)CCCC(Nc2cccc(S(C)(=O)=O)c2)CC1. The molecule has 0 spiro atoms. The van der Waals surface area contributed by atoms with Gasteiger partial charge in [0, 0.05) is 18.0 Å². The van der Waals surface area contributed by atoms with Crippen molar-refractivity contribution in [3.05, 3.63) is 24.3 Å². The molecule has 1 N–H and O–H groups in total. The number of hydrogen-bond donors (Lipinski definition) is 1. The van der Waals surface area contributed by atoms with Crippen LogP contribution in [0.3, 0.4) is 0 Å². The van der Waals surface area contributed by atoms with Crippen molar-refractivity contribution in [2.45, 2.75) is 56.9 Å². The van der Waals surface area contributed by atoms with Gasteiger partial charge >= 0.3 is 0 Å². The molecule has 1 aromatic carbocycles. The van der Waals surface area contributed by atoms with Crippen LogP contribution in [0.1, 0.15) is 46.0 Å². The van der Waals surface area contributed by atoms with E-state index in [1.54, 1.807) is 18.2 Å². The Hall–Kier alpha value is -1.03. The molecule has 0 bridgehead atoms. The fourth-order valence-corrected chi connectivity index (χ4v) is 3.52. The van der Waals surface area contributed by atoms with E-state index in [-0.39, 0.29) is 0 Å². The fourth-order valence-electron chi connectivity index (χ4n) is 2.86. The van der Waals surface area contributed by atoms with Crippen LogP contribution in [0.4, 0.5) is 5.69 Å². The third-order valence-corrected chi connectivity index (χ3v) is 5.32. The van der Waals surface area contributed by atoms with Crippen molar-refractivity contribution >= 4 is 15.5 Å². The standard InChI is InChI=1S/C16H25NO2S/c1-16(2)10-5-7-13(9-11-16)17-14-6-4-8-15(12-14)20(3,18)19/h4,6,8,12-13,17H,5,7,9-11H2,1-3H3. The van der Waals surface area contributed by atoms with Crippen LogP contribution in [-0.4, -0.2) is 20.7 Å². The first-order valence-electron chi connectivity index (χ1n) is 7.33. The summed E-state index contributed by atoms with van der Waals surface area (Å²) in [5, 5.41) is 3.51. The first-order chi connectivity index (χ1) is 9.26. The largest absolute Gasteiger partial charge is 0.382 e. The highest BCUT2D eigenvalue weighted by atomic mass is 32.2. The van der Waals surface area contributed by atoms with E-state index in [1.807, 2.05) is 6.07 Å². The molecule has 0 aromatic heterocycles. The summed E-state index contributed by atoms with van der Waals surface area (Å²) in [5.41, 5.74) is 1.35. The normalized spacial score (nSPS) is 23.1. The van der Waals surface area contributed by atoms with Gasteiger partial charge in [0.25, 0.3) is 0 Å². The van der Waals surface area contributed by atoms with Gasteiger partial charge in [-0.2, -0.15) is 0 Å². The van der Waals surface area contributed by atoms with Gasteiger partial charge in [-0.25, -0.2) is 8.42 Å². The molecule has 1 saturated carbocycles. The first-order valence-corrected chi connectivity index (χ1v) is 9.22. The predicted octanol–water partition coefficient (Wildman–Crippen LogP) is 3.86. The minimum atomic E-state index is -3.13. The summed E-state index contributed by atoms with van der Waals surface area (Å²) in [7, 11) is -3.13. The van der Waals surface area contributed by atoms with Crippen LogP contribution in [0.25, 0.3) is 0 Å². The second kappa shape index (κ2) is 5.76. The third kappa shape index (κ3) is 4.23. The van der Waals surface area contributed by atoms with Gasteiger partial charge in [0.1, 0.15) is 0 Å². The molecule has 0 aliphatic heterocycles. The zero-order valence-electron chi connectivity index (χ0n) is 12.6.